The minimum atomic E-state index is -0.985. The van der Waals surface area contributed by atoms with Crippen molar-refractivity contribution in [3.8, 4) is 5.75 Å². The Bertz CT molecular complexity index is 892. The van der Waals surface area contributed by atoms with Gasteiger partial charge >= 0.3 is 12.0 Å². The van der Waals surface area contributed by atoms with Crippen LogP contribution in [0.25, 0.3) is 0 Å². The number of hydrogen-bond acceptors (Lipinski definition) is 5. The SMILES string of the molecule is CCCOCCCNC(=O)N(CCOc1ccc(CC(OCC)C(=O)O)cc1)c1ccc(Cl)cc1. The van der Waals surface area contributed by atoms with Crippen molar-refractivity contribution in [1.29, 1.82) is 0 Å². The van der Waals surface area contributed by atoms with E-state index in [1.165, 1.54) is 0 Å². The number of amides is 2. The average molecular weight is 507 g/mol. The van der Waals surface area contributed by atoms with E-state index in [-0.39, 0.29) is 19.1 Å². The third-order valence-corrected chi connectivity index (χ3v) is 5.30. The molecule has 2 rings (SSSR count). The second kappa shape index (κ2) is 16.0. The maximum Gasteiger partial charge on any atom is 0.333 e. The molecule has 0 fully saturated rings. The van der Waals surface area contributed by atoms with Crippen molar-refractivity contribution >= 4 is 29.3 Å². The summed E-state index contributed by atoms with van der Waals surface area (Å²) >= 11 is 6.01. The van der Waals surface area contributed by atoms with E-state index >= 15 is 0 Å². The third kappa shape index (κ3) is 10.5. The summed E-state index contributed by atoms with van der Waals surface area (Å²) in [6.45, 7) is 6.58. The number of anilines is 1. The smallest absolute Gasteiger partial charge is 0.333 e. The number of aliphatic carboxylic acids is 1. The van der Waals surface area contributed by atoms with Gasteiger partial charge in [0.25, 0.3) is 0 Å². The molecule has 0 aliphatic rings. The maximum atomic E-state index is 12.8. The molecule has 2 amide bonds. The number of benzene rings is 2. The number of urea groups is 1. The van der Waals surface area contributed by atoms with E-state index < -0.39 is 12.1 Å². The standard InChI is InChI=1S/C26H35ClN2O6/c1-3-16-33-17-5-14-28-26(32)29(22-10-8-21(27)9-11-22)15-18-35-23-12-6-20(7-13-23)19-24(25(30)31)34-4-2/h6-13,24H,3-5,14-19H2,1-2H3,(H,28,32)(H,30,31). The van der Waals surface area contributed by atoms with Crippen LogP contribution in [0.2, 0.25) is 5.02 Å². The molecule has 0 aliphatic carbocycles. The molecule has 0 aromatic heterocycles. The first-order valence-corrected chi connectivity index (χ1v) is 12.3. The van der Waals surface area contributed by atoms with Crippen LogP contribution in [0, 0.1) is 0 Å². The summed E-state index contributed by atoms with van der Waals surface area (Å²) in [7, 11) is 0. The zero-order valence-electron chi connectivity index (χ0n) is 20.4. The molecule has 35 heavy (non-hydrogen) atoms. The Labute approximate surface area is 212 Å². The summed E-state index contributed by atoms with van der Waals surface area (Å²) < 4.78 is 16.6. The number of rotatable bonds is 16. The van der Waals surface area contributed by atoms with Crippen molar-refractivity contribution in [2.45, 2.75) is 39.2 Å². The summed E-state index contributed by atoms with van der Waals surface area (Å²) in [6, 6.07) is 14.0. The van der Waals surface area contributed by atoms with E-state index in [1.54, 1.807) is 48.2 Å². The molecular formula is C26H35ClN2O6. The highest BCUT2D eigenvalue weighted by atomic mass is 35.5. The first kappa shape index (κ1) is 28.4. The minimum Gasteiger partial charge on any atom is -0.492 e. The molecule has 0 spiro atoms. The number of carbonyl (C=O) groups is 2. The fourth-order valence-electron chi connectivity index (χ4n) is 3.29. The van der Waals surface area contributed by atoms with E-state index in [0.29, 0.717) is 42.8 Å². The number of carbonyl (C=O) groups excluding carboxylic acids is 1. The van der Waals surface area contributed by atoms with Crippen molar-refractivity contribution < 1.29 is 28.9 Å². The Hall–Kier alpha value is -2.81. The van der Waals surface area contributed by atoms with Gasteiger partial charge in [0.05, 0.1) is 6.54 Å². The van der Waals surface area contributed by atoms with Gasteiger partial charge in [0.2, 0.25) is 0 Å². The number of nitrogens with one attached hydrogen (secondary N) is 1. The van der Waals surface area contributed by atoms with Gasteiger partial charge < -0.3 is 24.6 Å². The third-order valence-electron chi connectivity index (χ3n) is 5.04. The van der Waals surface area contributed by atoms with Crippen molar-refractivity contribution in [2.24, 2.45) is 0 Å². The molecule has 1 unspecified atom stereocenters. The largest absolute Gasteiger partial charge is 0.492 e. The van der Waals surface area contributed by atoms with Crippen LogP contribution in [-0.2, 0) is 20.7 Å². The van der Waals surface area contributed by atoms with Gasteiger partial charge in [-0.15, -0.1) is 0 Å². The molecule has 0 heterocycles. The molecule has 0 bridgehead atoms. The van der Waals surface area contributed by atoms with Gasteiger partial charge in [-0.05, 0) is 61.7 Å². The molecule has 0 aliphatic heterocycles. The van der Waals surface area contributed by atoms with Crippen LogP contribution in [0.15, 0.2) is 48.5 Å². The second-order valence-corrected chi connectivity index (χ2v) is 8.24. The molecule has 8 nitrogen and oxygen atoms in total. The number of halogens is 1. The van der Waals surface area contributed by atoms with Crippen LogP contribution in [0.5, 0.6) is 5.75 Å². The highest BCUT2D eigenvalue weighted by Gasteiger charge is 2.18. The van der Waals surface area contributed by atoms with E-state index in [4.69, 9.17) is 25.8 Å². The predicted molar refractivity (Wildman–Crippen MR) is 137 cm³/mol. The first-order valence-electron chi connectivity index (χ1n) is 11.9. The number of carboxylic acid groups (broad SMARTS) is 1. The van der Waals surface area contributed by atoms with Crippen LogP contribution in [-0.4, -0.2) is 62.7 Å². The fourth-order valence-corrected chi connectivity index (χ4v) is 3.42. The Kier molecular flexibility index (Phi) is 13.0. The summed E-state index contributed by atoms with van der Waals surface area (Å²) in [4.78, 5) is 25.7. The Morgan fingerprint density at radius 3 is 2.37 bits per heavy atom. The lowest BCUT2D eigenvalue weighted by molar-refractivity contribution is -0.149. The Morgan fingerprint density at radius 1 is 1.03 bits per heavy atom. The van der Waals surface area contributed by atoms with Gasteiger partial charge in [-0.2, -0.15) is 0 Å². The van der Waals surface area contributed by atoms with E-state index in [2.05, 4.69) is 12.2 Å². The molecule has 2 N–H and O–H groups in total. The van der Waals surface area contributed by atoms with Crippen LogP contribution < -0.4 is 15.0 Å². The minimum absolute atomic E-state index is 0.225. The number of nitrogens with zero attached hydrogens (tertiary/aromatic N) is 1. The van der Waals surface area contributed by atoms with Crippen LogP contribution >= 0.6 is 11.6 Å². The first-order chi connectivity index (χ1) is 16.9. The molecule has 1 atom stereocenters. The monoisotopic (exact) mass is 506 g/mol. The Balaban J connectivity index is 1.91. The van der Waals surface area contributed by atoms with Gasteiger partial charge in [0.1, 0.15) is 12.4 Å². The average Bonchev–Trinajstić information content (AvgIpc) is 2.85. The van der Waals surface area contributed by atoms with Gasteiger partial charge in [-0.3, -0.25) is 4.90 Å². The van der Waals surface area contributed by atoms with E-state index in [1.807, 2.05) is 12.1 Å². The molecule has 0 saturated carbocycles. The van der Waals surface area contributed by atoms with Gasteiger partial charge in [0, 0.05) is 43.5 Å². The summed E-state index contributed by atoms with van der Waals surface area (Å²) in [5.74, 6) is -0.359. The molecule has 9 heteroatoms. The van der Waals surface area contributed by atoms with E-state index in [9.17, 15) is 14.7 Å². The lowest BCUT2D eigenvalue weighted by Gasteiger charge is -2.23. The molecule has 2 aromatic carbocycles. The molecular weight excluding hydrogens is 472 g/mol. The Morgan fingerprint density at radius 2 is 1.74 bits per heavy atom. The lowest BCUT2D eigenvalue weighted by atomic mass is 10.1. The number of ether oxygens (including phenoxy) is 3. The highest BCUT2D eigenvalue weighted by Crippen LogP contribution is 2.19. The quantitative estimate of drug-likeness (QED) is 0.318. The number of carboxylic acids is 1. The van der Waals surface area contributed by atoms with E-state index in [0.717, 1.165) is 25.0 Å². The topological polar surface area (TPSA) is 97.3 Å². The van der Waals surface area contributed by atoms with Crippen molar-refractivity contribution in [1.82, 2.24) is 5.32 Å². The maximum absolute atomic E-state index is 12.8. The fraction of sp³-hybridized carbons (Fsp3) is 0.462. The summed E-state index contributed by atoms with van der Waals surface area (Å²) in [6.07, 6.45) is 1.10. The van der Waals surface area contributed by atoms with Gasteiger partial charge in [-0.1, -0.05) is 30.7 Å². The molecule has 192 valence electrons. The normalized spacial score (nSPS) is 11.6. The number of hydrogen-bond donors (Lipinski definition) is 2. The van der Waals surface area contributed by atoms with Crippen LogP contribution in [0.4, 0.5) is 10.5 Å². The lowest BCUT2D eigenvalue weighted by Crippen LogP contribution is -2.42. The van der Waals surface area contributed by atoms with Gasteiger partial charge in [0.15, 0.2) is 6.10 Å². The predicted octanol–water partition coefficient (Wildman–Crippen LogP) is 4.78. The molecule has 0 saturated heterocycles. The molecule has 0 radical (unpaired) electrons. The second-order valence-electron chi connectivity index (χ2n) is 7.80. The van der Waals surface area contributed by atoms with Crippen molar-refractivity contribution in [3.05, 3.63) is 59.1 Å². The molecule has 2 aromatic rings. The van der Waals surface area contributed by atoms with Crippen LogP contribution in [0.3, 0.4) is 0 Å². The van der Waals surface area contributed by atoms with Gasteiger partial charge in [-0.25, -0.2) is 9.59 Å². The highest BCUT2D eigenvalue weighted by molar-refractivity contribution is 6.30. The van der Waals surface area contributed by atoms with Crippen molar-refractivity contribution in [2.75, 3.05) is 44.4 Å². The van der Waals surface area contributed by atoms with Crippen molar-refractivity contribution in [3.63, 3.8) is 0 Å². The zero-order valence-corrected chi connectivity index (χ0v) is 21.1. The summed E-state index contributed by atoms with van der Waals surface area (Å²) in [5, 5.41) is 12.8. The zero-order chi connectivity index (χ0) is 25.5. The summed E-state index contributed by atoms with van der Waals surface area (Å²) in [5.41, 5.74) is 1.55. The van der Waals surface area contributed by atoms with Crippen LogP contribution in [0.1, 0.15) is 32.3 Å².